The van der Waals surface area contributed by atoms with Crippen LogP contribution < -0.4 is 0 Å². The van der Waals surface area contributed by atoms with Gasteiger partial charge < -0.3 is 9.94 Å². The van der Waals surface area contributed by atoms with E-state index in [1.54, 1.807) is 0 Å². The van der Waals surface area contributed by atoms with Crippen LogP contribution in [0.25, 0.3) is 0 Å². The van der Waals surface area contributed by atoms with Gasteiger partial charge in [-0.3, -0.25) is 0 Å². The van der Waals surface area contributed by atoms with E-state index in [1.807, 2.05) is 13.8 Å². The predicted molar refractivity (Wildman–Crippen MR) is 45.2 cm³/mol. The van der Waals surface area contributed by atoms with Gasteiger partial charge in [-0.15, -0.1) is 5.16 Å². The molecule has 1 N–H and O–H groups in total. The number of nitrogens with zero attached hydrogens (tertiary/aromatic N) is 1. The van der Waals surface area contributed by atoms with Gasteiger partial charge >= 0.3 is 0 Å². The molecule has 0 aromatic heterocycles. The van der Waals surface area contributed by atoms with Crippen molar-refractivity contribution in [1.82, 2.24) is 0 Å². The fourth-order valence-electron chi connectivity index (χ4n) is 0.698. The molecule has 0 spiro atoms. The van der Waals surface area contributed by atoms with E-state index >= 15 is 0 Å². The molecule has 0 heterocycles. The Morgan fingerprint density at radius 3 is 2.64 bits per heavy atom. The van der Waals surface area contributed by atoms with Gasteiger partial charge in [-0.1, -0.05) is 6.92 Å². The van der Waals surface area contributed by atoms with Crippen molar-refractivity contribution in [3.63, 3.8) is 0 Å². The van der Waals surface area contributed by atoms with Gasteiger partial charge in [0.1, 0.15) is 0 Å². The van der Waals surface area contributed by atoms with Crippen molar-refractivity contribution in [2.75, 3.05) is 6.61 Å². The predicted octanol–water partition coefficient (Wildman–Crippen LogP) is 2.04. The molecule has 0 aromatic rings. The third-order valence-corrected chi connectivity index (χ3v) is 1.36. The first-order valence-electron chi connectivity index (χ1n) is 3.92. The van der Waals surface area contributed by atoms with Crippen LogP contribution in [0.2, 0.25) is 0 Å². The summed E-state index contributed by atoms with van der Waals surface area (Å²) in [5.74, 6) is 0. The number of rotatable bonds is 5. The van der Waals surface area contributed by atoms with Crippen molar-refractivity contribution in [2.45, 2.75) is 39.2 Å². The highest BCUT2D eigenvalue weighted by Gasteiger charge is 2.15. The van der Waals surface area contributed by atoms with Crippen LogP contribution in [0.4, 0.5) is 0 Å². The standard InChI is InChI=1S/C8H17NO2/c1-4-7-11-8(2,3)5-6-9-10/h6,10H,4-5,7H2,1-3H3. The molecule has 0 aromatic carbocycles. The first-order valence-corrected chi connectivity index (χ1v) is 3.92. The normalized spacial score (nSPS) is 12.6. The summed E-state index contributed by atoms with van der Waals surface area (Å²) in [5.41, 5.74) is -0.206. The van der Waals surface area contributed by atoms with E-state index in [2.05, 4.69) is 12.1 Å². The Kier molecular flexibility index (Phi) is 4.86. The second-order valence-electron chi connectivity index (χ2n) is 3.11. The molecule has 0 radical (unpaired) electrons. The molecule has 0 unspecified atom stereocenters. The number of ether oxygens (including phenoxy) is 1. The minimum atomic E-state index is -0.206. The van der Waals surface area contributed by atoms with Crippen molar-refractivity contribution in [1.29, 1.82) is 0 Å². The van der Waals surface area contributed by atoms with Crippen molar-refractivity contribution in [3.8, 4) is 0 Å². The lowest BCUT2D eigenvalue weighted by Crippen LogP contribution is -2.25. The lowest BCUT2D eigenvalue weighted by Gasteiger charge is -2.22. The quantitative estimate of drug-likeness (QED) is 0.379. The molecule has 0 fully saturated rings. The maximum absolute atomic E-state index is 8.17. The highest BCUT2D eigenvalue weighted by atomic mass is 16.5. The van der Waals surface area contributed by atoms with Gasteiger partial charge in [0.15, 0.2) is 0 Å². The van der Waals surface area contributed by atoms with Gasteiger partial charge in [-0.25, -0.2) is 0 Å². The van der Waals surface area contributed by atoms with Crippen LogP contribution in [-0.2, 0) is 4.74 Å². The summed E-state index contributed by atoms with van der Waals surface area (Å²) in [6.45, 7) is 6.77. The average Bonchev–Trinajstić information content (AvgIpc) is 1.97. The maximum atomic E-state index is 8.17. The third kappa shape index (κ3) is 5.85. The van der Waals surface area contributed by atoms with Crippen molar-refractivity contribution in [2.24, 2.45) is 5.16 Å². The van der Waals surface area contributed by atoms with E-state index in [-0.39, 0.29) is 5.60 Å². The van der Waals surface area contributed by atoms with Crippen LogP contribution in [0.3, 0.4) is 0 Å². The number of oxime groups is 1. The van der Waals surface area contributed by atoms with Crippen LogP contribution in [-0.4, -0.2) is 23.6 Å². The van der Waals surface area contributed by atoms with E-state index in [0.717, 1.165) is 13.0 Å². The largest absolute Gasteiger partial charge is 0.411 e. The monoisotopic (exact) mass is 159 g/mol. The van der Waals surface area contributed by atoms with Gasteiger partial charge in [0.25, 0.3) is 0 Å². The Bertz CT molecular complexity index is 121. The molecule has 0 amide bonds. The fraction of sp³-hybridized carbons (Fsp3) is 0.875. The van der Waals surface area contributed by atoms with E-state index < -0.39 is 0 Å². The summed E-state index contributed by atoms with van der Waals surface area (Å²) in [5, 5.41) is 11.1. The Balaban J connectivity index is 3.60. The minimum Gasteiger partial charge on any atom is -0.411 e. The summed E-state index contributed by atoms with van der Waals surface area (Å²) in [4.78, 5) is 0. The SMILES string of the molecule is CCCOC(C)(C)CC=NO. The zero-order valence-electron chi connectivity index (χ0n) is 7.50. The smallest absolute Gasteiger partial charge is 0.0676 e. The van der Waals surface area contributed by atoms with Gasteiger partial charge in [0, 0.05) is 19.2 Å². The maximum Gasteiger partial charge on any atom is 0.0676 e. The van der Waals surface area contributed by atoms with Crippen LogP contribution in [0.1, 0.15) is 33.6 Å². The van der Waals surface area contributed by atoms with Crippen LogP contribution in [0, 0.1) is 0 Å². The van der Waals surface area contributed by atoms with Crippen LogP contribution in [0.5, 0.6) is 0 Å². The van der Waals surface area contributed by atoms with E-state index in [0.29, 0.717) is 6.42 Å². The second-order valence-corrected chi connectivity index (χ2v) is 3.11. The average molecular weight is 159 g/mol. The summed E-state index contributed by atoms with van der Waals surface area (Å²) in [7, 11) is 0. The first-order chi connectivity index (χ1) is 5.12. The highest BCUT2D eigenvalue weighted by Crippen LogP contribution is 2.12. The molecule has 66 valence electrons. The van der Waals surface area contributed by atoms with Crippen LogP contribution in [0.15, 0.2) is 5.16 Å². The molecule has 11 heavy (non-hydrogen) atoms. The topological polar surface area (TPSA) is 41.8 Å². The molecular weight excluding hydrogens is 142 g/mol. The molecular formula is C8H17NO2. The van der Waals surface area contributed by atoms with Crippen molar-refractivity contribution in [3.05, 3.63) is 0 Å². The first kappa shape index (κ1) is 10.4. The van der Waals surface area contributed by atoms with Gasteiger partial charge in [0.2, 0.25) is 0 Å². The Labute approximate surface area is 68.1 Å². The second kappa shape index (κ2) is 5.13. The Hall–Kier alpha value is -0.570. The number of hydrogen-bond acceptors (Lipinski definition) is 3. The Morgan fingerprint density at radius 1 is 1.55 bits per heavy atom. The zero-order chi connectivity index (χ0) is 8.74. The molecule has 0 bridgehead atoms. The fourth-order valence-corrected chi connectivity index (χ4v) is 0.698. The Morgan fingerprint density at radius 2 is 2.18 bits per heavy atom. The summed E-state index contributed by atoms with van der Waals surface area (Å²) < 4.78 is 5.48. The molecule has 0 rings (SSSR count). The lowest BCUT2D eigenvalue weighted by atomic mass is 10.1. The molecule has 3 nitrogen and oxygen atoms in total. The van der Waals surface area contributed by atoms with Gasteiger partial charge in [0.05, 0.1) is 5.60 Å². The third-order valence-electron chi connectivity index (χ3n) is 1.36. The molecule has 3 heteroatoms. The molecule has 0 aliphatic heterocycles. The molecule has 0 aliphatic carbocycles. The van der Waals surface area contributed by atoms with E-state index in [4.69, 9.17) is 9.94 Å². The summed E-state index contributed by atoms with van der Waals surface area (Å²) >= 11 is 0. The van der Waals surface area contributed by atoms with Crippen LogP contribution >= 0.6 is 0 Å². The van der Waals surface area contributed by atoms with E-state index in [1.165, 1.54) is 6.21 Å². The molecule has 0 aliphatic rings. The van der Waals surface area contributed by atoms with Crippen molar-refractivity contribution >= 4 is 6.21 Å². The van der Waals surface area contributed by atoms with Gasteiger partial charge in [-0.05, 0) is 20.3 Å². The van der Waals surface area contributed by atoms with Gasteiger partial charge in [-0.2, -0.15) is 0 Å². The summed E-state index contributed by atoms with van der Waals surface area (Å²) in [6.07, 6.45) is 3.11. The lowest BCUT2D eigenvalue weighted by molar-refractivity contribution is -0.0110. The molecule has 0 saturated heterocycles. The van der Waals surface area contributed by atoms with Crippen molar-refractivity contribution < 1.29 is 9.94 Å². The molecule has 0 atom stereocenters. The zero-order valence-corrected chi connectivity index (χ0v) is 7.50. The van der Waals surface area contributed by atoms with E-state index in [9.17, 15) is 0 Å². The number of hydrogen-bond donors (Lipinski definition) is 1. The minimum absolute atomic E-state index is 0.206. The highest BCUT2D eigenvalue weighted by molar-refractivity contribution is 5.57. The summed E-state index contributed by atoms with van der Waals surface area (Å²) in [6, 6.07) is 0. The molecule has 0 saturated carbocycles.